The first kappa shape index (κ1) is 28.1. The van der Waals surface area contributed by atoms with E-state index >= 15 is 0 Å². The molecule has 0 spiro atoms. The summed E-state index contributed by atoms with van der Waals surface area (Å²) in [5.74, 6) is -0.0200. The van der Waals surface area contributed by atoms with Crippen LogP contribution < -0.4 is 16.0 Å². The second kappa shape index (κ2) is 12.7. The number of anilines is 3. The van der Waals surface area contributed by atoms with Crippen LogP contribution in [0.1, 0.15) is 59.4 Å². The van der Waals surface area contributed by atoms with Crippen molar-refractivity contribution in [1.29, 1.82) is 5.26 Å². The third-order valence-electron chi connectivity index (χ3n) is 6.77. The number of carbonyl (C=O) groups is 2. The maximum Gasteiger partial charge on any atom is 0.257 e. The highest BCUT2D eigenvalue weighted by Crippen LogP contribution is 2.25. The highest BCUT2D eigenvalue weighted by molar-refractivity contribution is 6.34. The molecule has 2 heterocycles. The van der Waals surface area contributed by atoms with Gasteiger partial charge in [0.15, 0.2) is 0 Å². The van der Waals surface area contributed by atoms with Crippen LogP contribution in [0.25, 0.3) is 0 Å². The number of likely N-dealkylation sites (tertiary alicyclic amines) is 1. The smallest absolute Gasteiger partial charge is 0.257 e. The standard InChI is InChI=1S/C30H33ClN6O2/c1-30(2,20-32)22-8-5-7-21(17-22)28(38)35-23-9-11-26(31)25(18-23)29(39)36-24-10-12-27(34-19-24)33-13-6-16-37-14-3-4-15-37/h5,7-12,17-19H,3-4,6,13-16H2,1-2H3,(H,33,34)(H,35,38)(H,36,39). The summed E-state index contributed by atoms with van der Waals surface area (Å²) in [4.78, 5) is 32.7. The predicted octanol–water partition coefficient (Wildman–Crippen LogP) is 5.94. The summed E-state index contributed by atoms with van der Waals surface area (Å²) in [6.07, 6.45) is 5.23. The normalized spacial score (nSPS) is 13.5. The van der Waals surface area contributed by atoms with E-state index in [0.29, 0.717) is 16.9 Å². The number of carbonyl (C=O) groups excluding carboxylic acids is 2. The van der Waals surface area contributed by atoms with Crippen molar-refractivity contribution >= 4 is 40.6 Å². The first-order chi connectivity index (χ1) is 18.7. The second-order valence-electron chi connectivity index (χ2n) is 10.2. The molecule has 0 saturated carbocycles. The summed E-state index contributed by atoms with van der Waals surface area (Å²) in [5.41, 5.74) is 1.60. The van der Waals surface area contributed by atoms with E-state index < -0.39 is 11.3 Å². The van der Waals surface area contributed by atoms with E-state index in [0.717, 1.165) is 30.9 Å². The van der Waals surface area contributed by atoms with Gasteiger partial charge in [-0.15, -0.1) is 0 Å². The molecule has 1 aliphatic heterocycles. The van der Waals surface area contributed by atoms with Gasteiger partial charge >= 0.3 is 0 Å². The fourth-order valence-electron chi connectivity index (χ4n) is 4.39. The largest absolute Gasteiger partial charge is 0.370 e. The van der Waals surface area contributed by atoms with Crippen molar-refractivity contribution < 1.29 is 9.59 Å². The highest BCUT2D eigenvalue weighted by Gasteiger charge is 2.21. The van der Waals surface area contributed by atoms with Crippen LogP contribution in [-0.4, -0.2) is 47.9 Å². The molecular formula is C30H33ClN6O2. The van der Waals surface area contributed by atoms with E-state index in [1.807, 2.05) is 12.1 Å². The molecule has 0 atom stereocenters. The first-order valence-corrected chi connectivity index (χ1v) is 13.5. The van der Waals surface area contributed by atoms with Crippen LogP contribution in [0.3, 0.4) is 0 Å². The number of hydrogen-bond donors (Lipinski definition) is 3. The lowest BCUT2D eigenvalue weighted by molar-refractivity contribution is 0.101. The molecule has 8 nitrogen and oxygen atoms in total. The van der Waals surface area contributed by atoms with Gasteiger partial charge < -0.3 is 20.9 Å². The summed E-state index contributed by atoms with van der Waals surface area (Å²) in [7, 11) is 0. The summed E-state index contributed by atoms with van der Waals surface area (Å²) in [6, 6.07) is 17.5. The summed E-state index contributed by atoms with van der Waals surface area (Å²) >= 11 is 6.31. The van der Waals surface area contributed by atoms with Crippen LogP contribution in [0, 0.1) is 11.3 Å². The number of nitrogens with one attached hydrogen (secondary N) is 3. The lowest BCUT2D eigenvalue weighted by Crippen LogP contribution is -2.22. The average molecular weight is 545 g/mol. The maximum atomic E-state index is 13.0. The Bertz CT molecular complexity index is 1360. The van der Waals surface area contributed by atoms with Crippen molar-refractivity contribution in [3.63, 3.8) is 0 Å². The van der Waals surface area contributed by atoms with Gasteiger partial charge in [-0.05, 0) is 101 Å². The molecule has 0 aliphatic carbocycles. The number of hydrogen-bond acceptors (Lipinski definition) is 6. The van der Waals surface area contributed by atoms with Crippen LogP contribution in [-0.2, 0) is 5.41 Å². The van der Waals surface area contributed by atoms with Gasteiger partial charge in [0.25, 0.3) is 11.8 Å². The lowest BCUT2D eigenvalue weighted by atomic mass is 9.85. The molecule has 1 aromatic heterocycles. The summed E-state index contributed by atoms with van der Waals surface area (Å²) < 4.78 is 0. The number of pyridine rings is 1. The van der Waals surface area contributed by atoms with Crippen molar-refractivity contribution in [2.75, 3.05) is 42.1 Å². The third kappa shape index (κ3) is 7.56. The molecule has 2 amide bonds. The fourth-order valence-corrected chi connectivity index (χ4v) is 4.59. The van der Waals surface area contributed by atoms with Gasteiger partial charge in [0.1, 0.15) is 5.82 Å². The van der Waals surface area contributed by atoms with Crippen LogP contribution >= 0.6 is 11.6 Å². The Kier molecular flexibility index (Phi) is 9.18. The van der Waals surface area contributed by atoms with Crippen molar-refractivity contribution in [2.45, 2.75) is 38.5 Å². The van der Waals surface area contributed by atoms with Gasteiger partial charge in [-0.25, -0.2) is 4.98 Å². The Morgan fingerprint density at radius 2 is 1.77 bits per heavy atom. The molecule has 0 radical (unpaired) electrons. The summed E-state index contributed by atoms with van der Waals surface area (Å²) in [5, 5.41) is 18.6. The molecule has 0 unspecified atom stereocenters. The molecule has 1 fully saturated rings. The zero-order valence-electron chi connectivity index (χ0n) is 22.3. The SMILES string of the molecule is CC(C)(C#N)c1cccc(C(=O)Nc2ccc(Cl)c(C(=O)Nc3ccc(NCCCN4CCCC4)nc3)c2)c1. The minimum Gasteiger partial charge on any atom is -0.370 e. The zero-order valence-corrected chi connectivity index (χ0v) is 23.0. The van der Waals surface area contributed by atoms with Gasteiger partial charge in [0, 0.05) is 17.8 Å². The molecule has 9 heteroatoms. The van der Waals surface area contributed by atoms with E-state index in [4.69, 9.17) is 11.6 Å². The second-order valence-corrected chi connectivity index (χ2v) is 10.6. The Labute approximate surface area is 234 Å². The van der Waals surface area contributed by atoms with Crippen molar-refractivity contribution in [2.24, 2.45) is 0 Å². The lowest BCUT2D eigenvalue weighted by Gasteiger charge is -2.16. The maximum absolute atomic E-state index is 13.0. The van der Waals surface area contributed by atoms with Crippen molar-refractivity contribution in [3.05, 3.63) is 82.5 Å². The molecule has 1 aliphatic rings. The van der Waals surface area contributed by atoms with E-state index in [1.54, 1.807) is 56.4 Å². The number of benzene rings is 2. The molecule has 39 heavy (non-hydrogen) atoms. The molecule has 2 aromatic carbocycles. The van der Waals surface area contributed by atoms with Gasteiger partial charge in [0.05, 0.1) is 34.0 Å². The quantitative estimate of drug-likeness (QED) is 0.272. The zero-order chi connectivity index (χ0) is 27.8. The van der Waals surface area contributed by atoms with Crippen LogP contribution in [0.15, 0.2) is 60.8 Å². The predicted molar refractivity (Wildman–Crippen MR) is 155 cm³/mol. The third-order valence-corrected chi connectivity index (χ3v) is 7.10. The molecule has 0 bridgehead atoms. The van der Waals surface area contributed by atoms with Crippen LogP contribution in [0.5, 0.6) is 0 Å². The molecular weight excluding hydrogens is 512 g/mol. The molecule has 3 N–H and O–H groups in total. The Hall–Kier alpha value is -3.93. The number of halogens is 1. The number of amides is 2. The first-order valence-electron chi connectivity index (χ1n) is 13.1. The molecule has 3 aromatic rings. The molecule has 4 rings (SSSR count). The van der Waals surface area contributed by atoms with Crippen LogP contribution in [0.2, 0.25) is 5.02 Å². The average Bonchev–Trinajstić information content (AvgIpc) is 3.46. The number of nitrogens with zero attached hydrogens (tertiary/aromatic N) is 3. The van der Waals surface area contributed by atoms with Gasteiger partial charge in [-0.3, -0.25) is 9.59 Å². The Morgan fingerprint density at radius 1 is 1.03 bits per heavy atom. The highest BCUT2D eigenvalue weighted by atomic mass is 35.5. The summed E-state index contributed by atoms with van der Waals surface area (Å²) in [6.45, 7) is 7.91. The number of aromatic nitrogens is 1. The minimum absolute atomic E-state index is 0.220. The van der Waals surface area contributed by atoms with Crippen LogP contribution in [0.4, 0.5) is 17.2 Å². The van der Waals surface area contributed by atoms with Gasteiger partial charge in [-0.1, -0.05) is 23.7 Å². The van der Waals surface area contributed by atoms with Crippen molar-refractivity contribution in [1.82, 2.24) is 9.88 Å². The number of rotatable bonds is 10. The van der Waals surface area contributed by atoms with Gasteiger partial charge in [0.2, 0.25) is 0 Å². The van der Waals surface area contributed by atoms with E-state index in [2.05, 4.69) is 31.9 Å². The van der Waals surface area contributed by atoms with E-state index in [-0.39, 0.29) is 16.5 Å². The van der Waals surface area contributed by atoms with Crippen molar-refractivity contribution in [3.8, 4) is 6.07 Å². The molecule has 1 saturated heterocycles. The van der Waals surface area contributed by atoms with E-state index in [1.165, 1.54) is 32.0 Å². The van der Waals surface area contributed by atoms with E-state index in [9.17, 15) is 14.9 Å². The topological polar surface area (TPSA) is 110 Å². The van der Waals surface area contributed by atoms with Gasteiger partial charge in [-0.2, -0.15) is 5.26 Å². The fraction of sp³-hybridized carbons (Fsp3) is 0.333. The minimum atomic E-state index is -0.724. The Balaban J connectivity index is 1.34. The monoisotopic (exact) mass is 544 g/mol. The molecule has 202 valence electrons. The number of nitriles is 1. The Morgan fingerprint density at radius 3 is 2.49 bits per heavy atom.